The van der Waals surface area contributed by atoms with Crippen LogP contribution < -0.4 is 10.6 Å². The third-order valence-electron chi connectivity index (χ3n) is 3.72. The largest absolute Gasteiger partial charge is 0.383 e. The molecule has 0 aromatic rings. The molecule has 98 valence electrons. The van der Waals surface area contributed by atoms with Crippen LogP contribution in [0.2, 0.25) is 0 Å². The first kappa shape index (κ1) is 13.1. The normalized spacial score (nSPS) is 30.0. The van der Waals surface area contributed by atoms with Gasteiger partial charge in [0.1, 0.15) is 0 Å². The topological polar surface area (TPSA) is 36.5 Å². The predicted octanol–water partition coefficient (Wildman–Crippen LogP) is 0.722. The standard InChI is InChI=1S/C12H23N3OS/c1-9(8-16-2)13-12(17)14-10-5-7-15-6-3-4-11(10)15/h9-11H,3-8H2,1-2H3,(H2,13,14,17). The molecule has 4 nitrogen and oxygen atoms in total. The van der Waals surface area contributed by atoms with Crippen LogP contribution in [0.15, 0.2) is 0 Å². The van der Waals surface area contributed by atoms with Crippen molar-refractivity contribution in [1.29, 1.82) is 0 Å². The number of ether oxygens (including phenoxy) is 1. The number of fused-ring (bicyclic) bond motifs is 1. The second-order valence-electron chi connectivity index (χ2n) is 5.11. The smallest absolute Gasteiger partial charge is 0.166 e. The number of nitrogens with zero attached hydrogens (tertiary/aromatic N) is 1. The Labute approximate surface area is 109 Å². The van der Waals surface area contributed by atoms with Gasteiger partial charge in [-0.1, -0.05) is 0 Å². The first-order valence-electron chi connectivity index (χ1n) is 6.50. The van der Waals surface area contributed by atoms with Gasteiger partial charge < -0.3 is 15.4 Å². The van der Waals surface area contributed by atoms with Crippen molar-refractivity contribution >= 4 is 17.3 Å². The number of methoxy groups -OCH3 is 1. The van der Waals surface area contributed by atoms with Gasteiger partial charge in [-0.05, 0) is 44.9 Å². The van der Waals surface area contributed by atoms with Crippen LogP contribution in [0.25, 0.3) is 0 Å². The fourth-order valence-electron chi connectivity index (χ4n) is 2.98. The highest BCUT2D eigenvalue weighted by Gasteiger charge is 2.37. The van der Waals surface area contributed by atoms with E-state index in [0.717, 1.165) is 5.11 Å². The summed E-state index contributed by atoms with van der Waals surface area (Å²) in [5.74, 6) is 0. The van der Waals surface area contributed by atoms with E-state index in [1.807, 2.05) is 0 Å². The number of hydrogen-bond acceptors (Lipinski definition) is 3. The molecule has 2 aliphatic heterocycles. The average molecular weight is 257 g/mol. The van der Waals surface area contributed by atoms with E-state index in [2.05, 4.69) is 22.5 Å². The monoisotopic (exact) mass is 257 g/mol. The summed E-state index contributed by atoms with van der Waals surface area (Å²) >= 11 is 5.34. The lowest BCUT2D eigenvalue weighted by molar-refractivity contribution is 0.179. The summed E-state index contributed by atoms with van der Waals surface area (Å²) in [6.45, 7) is 5.25. The third-order valence-corrected chi connectivity index (χ3v) is 3.95. The summed E-state index contributed by atoms with van der Waals surface area (Å²) < 4.78 is 5.09. The molecule has 5 heteroatoms. The second kappa shape index (κ2) is 5.98. The van der Waals surface area contributed by atoms with E-state index in [-0.39, 0.29) is 6.04 Å². The lowest BCUT2D eigenvalue weighted by atomic mass is 10.1. The van der Waals surface area contributed by atoms with Crippen molar-refractivity contribution in [2.45, 2.75) is 44.3 Å². The Morgan fingerprint density at radius 1 is 1.47 bits per heavy atom. The first-order chi connectivity index (χ1) is 8.20. The van der Waals surface area contributed by atoms with Gasteiger partial charge in [0.05, 0.1) is 6.61 Å². The Kier molecular flexibility index (Phi) is 4.59. The molecule has 17 heavy (non-hydrogen) atoms. The van der Waals surface area contributed by atoms with E-state index in [9.17, 15) is 0 Å². The SMILES string of the molecule is COCC(C)NC(=S)NC1CCN2CCCC12. The molecule has 0 bridgehead atoms. The highest BCUT2D eigenvalue weighted by molar-refractivity contribution is 7.80. The van der Waals surface area contributed by atoms with Crippen molar-refractivity contribution in [3.8, 4) is 0 Å². The highest BCUT2D eigenvalue weighted by Crippen LogP contribution is 2.27. The molecule has 0 aliphatic carbocycles. The minimum Gasteiger partial charge on any atom is -0.383 e. The van der Waals surface area contributed by atoms with Crippen molar-refractivity contribution in [2.24, 2.45) is 0 Å². The van der Waals surface area contributed by atoms with Crippen LogP contribution in [0.5, 0.6) is 0 Å². The van der Waals surface area contributed by atoms with Gasteiger partial charge in [0.15, 0.2) is 5.11 Å². The third kappa shape index (κ3) is 3.30. The van der Waals surface area contributed by atoms with E-state index in [1.54, 1.807) is 7.11 Å². The fraction of sp³-hybridized carbons (Fsp3) is 0.917. The Morgan fingerprint density at radius 3 is 3.06 bits per heavy atom. The Bertz CT molecular complexity index is 274. The quantitative estimate of drug-likeness (QED) is 0.726. The number of thiocarbonyl (C=S) groups is 1. The van der Waals surface area contributed by atoms with Crippen molar-refractivity contribution in [1.82, 2.24) is 15.5 Å². The minimum atomic E-state index is 0.265. The molecule has 2 N–H and O–H groups in total. The van der Waals surface area contributed by atoms with Gasteiger partial charge in [-0.2, -0.15) is 0 Å². The molecule has 2 fully saturated rings. The maximum absolute atomic E-state index is 5.34. The van der Waals surface area contributed by atoms with Gasteiger partial charge in [0, 0.05) is 31.8 Å². The Hall–Kier alpha value is -0.390. The van der Waals surface area contributed by atoms with Crippen LogP contribution in [0.1, 0.15) is 26.2 Å². The van der Waals surface area contributed by atoms with Crippen LogP contribution in [0, 0.1) is 0 Å². The molecule has 2 saturated heterocycles. The summed E-state index contributed by atoms with van der Waals surface area (Å²) in [6, 6.07) is 1.50. The molecule has 0 aromatic carbocycles. The van der Waals surface area contributed by atoms with E-state index < -0.39 is 0 Å². The number of nitrogens with one attached hydrogen (secondary N) is 2. The predicted molar refractivity (Wildman–Crippen MR) is 73.2 cm³/mol. The molecular formula is C12H23N3OS. The number of hydrogen-bond donors (Lipinski definition) is 2. The van der Waals surface area contributed by atoms with Gasteiger partial charge in [-0.3, -0.25) is 4.90 Å². The maximum Gasteiger partial charge on any atom is 0.166 e. The van der Waals surface area contributed by atoms with Crippen LogP contribution in [-0.4, -0.2) is 54.9 Å². The summed E-state index contributed by atoms with van der Waals surface area (Å²) in [7, 11) is 1.71. The summed E-state index contributed by atoms with van der Waals surface area (Å²) in [5.41, 5.74) is 0. The molecule has 2 aliphatic rings. The molecular weight excluding hydrogens is 234 g/mol. The van der Waals surface area contributed by atoms with Crippen molar-refractivity contribution in [3.63, 3.8) is 0 Å². The average Bonchev–Trinajstić information content (AvgIpc) is 2.83. The zero-order valence-corrected chi connectivity index (χ0v) is 11.6. The molecule has 3 atom stereocenters. The summed E-state index contributed by atoms with van der Waals surface area (Å²) in [5, 5.41) is 7.50. The molecule has 3 unspecified atom stereocenters. The van der Waals surface area contributed by atoms with Gasteiger partial charge in [0.2, 0.25) is 0 Å². The van der Waals surface area contributed by atoms with Crippen LogP contribution in [0.3, 0.4) is 0 Å². The lowest BCUT2D eigenvalue weighted by Gasteiger charge is -2.24. The lowest BCUT2D eigenvalue weighted by Crippen LogP contribution is -2.49. The minimum absolute atomic E-state index is 0.265. The van der Waals surface area contributed by atoms with Crippen molar-refractivity contribution in [2.75, 3.05) is 26.8 Å². The molecule has 0 saturated carbocycles. The van der Waals surface area contributed by atoms with Gasteiger partial charge in [-0.25, -0.2) is 0 Å². The maximum atomic E-state index is 5.34. The van der Waals surface area contributed by atoms with E-state index >= 15 is 0 Å². The van der Waals surface area contributed by atoms with Crippen LogP contribution in [-0.2, 0) is 4.74 Å². The highest BCUT2D eigenvalue weighted by atomic mass is 32.1. The second-order valence-corrected chi connectivity index (χ2v) is 5.52. The van der Waals surface area contributed by atoms with E-state index in [1.165, 1.54) is 32.4 Å². The first-order valence-corrected chi connectivity index (χ1v) is 6.91. The molecule has 0 amide bonds. The van der Waals surface area contributed by atoms with E-state index in [0.29, 0.717) is 18.7 Å². The zero-order valence-electron chi connectivity index (χ0n) is 10.7. The summed E-state index contributed by atoms with van der Waals surface area (Å²) in [6.07, 6.45) is 3.86. The molecule has 0 spiro atoms. The van der Waals surface area contributed by atoms with Gasteiger partial charge in [0.25, 0.3) is 0 Å². The Balaban J connectivity index is 1.75. The van der Waals surface area contributed by atoms with Crippen LogP contribution in [0.4, 0.5) is 0 Å². The molecule has 2 heterocycles. The Morgan fingerprint density at radius 2 is 2.29 bits per heavy atom. The van der Waals surface area contributed by atoms with Crippen molar-refractivity contribution < 1.29 is 4.74 Å². The van der Waals surface area contributed by atoms with Crippen LogP contribution >= 0.6 is 12.2 Å². The molecule has 0 radical (unpaired) electrons. The van der Waals surface area contributed by atoms with Crippen molar-refractivity contribution in [3.05, 3.63) is 0 Å². The number of rotatable bonds is 4. The molecule has 2 rings (SSSR count). The van der Waals surface area contributed by atoms with E-state index in [4.69, 9.17) is 17.0 Å². The van der Waals surface area contributed by atoms with Gasteiger partial charge in [-0.15, -0.1) is 0 Å². The zero-order chi connectivity index (χ0) is 12.3. The fourth-order valence-corrected chi connectivity index (χ4v) is 3.33. The summed E-state index contributed by atoms with van der Waals surface area (Å²) in [4.78, 5) is 2.58. The molecule has 0 aromatic heterocycles. The van der Waals surface area contributed by atoms with Gasteiger partial charge >= 0.3 is 0 Å².